The van der Waals surface area contributed by atoms with Crippen molar-refractivity contribution in [2.24, 2.45) is 0 Å². The average Bonchev–Trinajstić information content (AvgIpc) is 3.00. The molecule has 0 spiro atoms. The molecular formula is C17H18N2OS2. The maximum atomic E-state index is 12.1. The van der Waals surface area contributed by atoms with E-state index in [1.54, 1.807) is 30.0 Å². The summed E-state index contributed by atoms with van der Waals surface area (Å²) >= 11 is 3.17. The van der Waals surface area contributed by atoms with E-state index in [2.05, 4.69) is 11.4 Å². The number of rotatable bonds is 5. The molecule has 1 aromatic rings. The number of nitriles is 1. The van der Waals surface area contributed by atoms with Gasteiger partial charge in [0.15, 0.2) is 5.78 Å². The molecule has 0 bridgehead atoms. The number of carbonyl (C=O) groups is 1. The molecule has 2 rings (SSSR count). The van der Waals surface area contributed by atoms with E-state index in [0.717, 1.165) is 21.4 Å². The van der Waals surface area contributed by atoms with Gasteiger partial charge in [0.05, 0.1) is 22.6 Å². The fourth-order valence-electron chi connectivity index (χ4n) is 2.46. The summed E-state index contributed by atoms with van der Waals surface area (Å²) in [5.74, 6) is 0.551. The zero-order valence-electron chi connectivity index (χ0n) is 12.8. The van der Waals surface area contributed by atoms with Crippen molar-refractivity contribution in [2.45, 2.75) is 26.7 Å². The Morgan fingerprint density at radius 2 is 2.36 bits per heavy atom. The van der Waals surface area contributed by atoms with E-state index in [9.17, 15) is 10.1 Å². The number of nitrogens with one attached hydrogen (secondary N) is 1. The number of ketones is 1. The van der Waals surface area contributed by atoms with Gasteiger partial charge >= 0.3 is 0 Å². The molecule has 1 atom stereocenters. The van der Waals surface area contributed by atoms with Crippen molar-refractivity contribution in [3.05, 3.63) is 56.4 Å². The van der Waals surface area contributed by atoms with Crippen LogP contribution in [0.15, 0.2) is 51.5 Å². The quantitative estimate of drug-likeness (QED) is 0.816. The molecule has 0 radical (unpaired) electrons. The Labute approximate surface area is 139 Å². The van der Waals surface area contributed by atoms with Gasteiger partial charge in [-0.1, -0.05) is 18.2 Å². The predicted molar refractivity (Wildman–Crippen MR) is 93.5 cm³/mol. The fraction of sp³-hybridized carbons (Fsp3) is 0.294. The standard InChI is InChI=1S/C17H18N2OS2/c1-4-5-8-22-17-13(10-18)16(14-7-6-9-21-14)15(12(3)20)11(2)19-17/h4-7,9,16,19H,8H2,1-3H3/b5-4+. The lowest BCUT2D eigenvalue weighted by molar-refractivity contribution is -0.113. The summed E-state index contributed by atoms with van der Waals surface area (Å²) in [4.78, 5) is 13.1. The van der Waals surface area contributed by atoms with E-state index < -0.39 is 0 Å². The lowest BCUT2D eigenvalue weighted by Gasteiger charge is -2.28. The highest BCUT2D eigenvalue weighted by atomic mass is 32.2. The molecule has 0 saturated heterocycles. The number of allylic oxidation sites excluding steroid dienone is 4. The van der Waals surface area contributed by atoms with Crippen LogP contribution in [-0.2, 0) is 4.79 Å². The zero-order chi connectivity index (χ0) is 16.1. The molecule has 1 unspecified atom stereocenters. The van der Waals surface area contributed by atoms with Crippen molar-refractivity contribution in [3.63, 3.8) is 0 Å². The minimum absolute atomic E-state index is 0.00801. The van der Waals surface area contributed by atoms with E-state index in [1.165, 1.54) is 0 Å². The van der Waals surface area contributed by atoms with Crippen LogP contribution >= 0.6 is 23.1 Å². The number of carbonyl (C=O) groups excluding carboxylic acids is 1. The van der Waals surface area contributed by atoms with Gasteiger partial charge < -0.3 is 5.32 Å². The average molecular weight is 330 g/mol. The van der Waals surface area contributed by atoms with Crippen LogP contribution in [0.1, 0.15) is 31.6 Å². The summed E-state index contributed by atoms with van der Waals surface area (Å²) in [5, 5.41) is 15.7. The number of hydrogen-bond donors (Lipinski definition) is 1. The van der Waals surface area contributed by atoms with Crippen molar-refractivity contribution >= 4 is 28.9 Å². The molecule has 1 aromatic heterocycles. The van der Waals surface area contributed by atoms with Crippen LogP contribution in [0.4, 0.5) is 0 Å². The van der Waals surface area contributed by atoms with Gasteiger partial charge in [-0.2, -0.15) is 5.26 Å². The van der Waals surface area contributed by atoms with Crippen LogP contribution in [0, 0.1) is 11.3 Å². The van der Waals surface area contributed by atoms with Crippen molar-refractivity contribution < 1.29 is 4.79 Å². The molecule has 0 aliphatic carbocycles. The largest absolute Gasteiger partial charge is 0.353 e. The number of thiophene rings is 1. The summed E-state index contributed by atoms with van der Waals surface area (Å²) in [6.07, 6.45) is 4.04. The Kier molecular flexibility index (Phi) is 5.64. The van der Waals surface area contributed by atoms with Crippen molar-refractivity contribution in [2.75, 3.05) is 5.75 Å². The summed E-state index contributed by atoms with van der Waals surface area (Å²) in [6.45, 7) is 5.44. The van der Waals surface area contributed by atoms with Crippen LogP contribution in [0.5, 0.6) is 0 Å². The molecular weight excluding hydrogens is 312 g/mol. The third-order valence-electron chi connectivity index (χ3n) is 3.41. The van der Waals surface area contributed by atoms with Crippen LogP contribution < -0.4 is 5.32 Å². The van der Waals surface area contributed by atoms with Gasteiger partial charge in [0.2, 0.25) is 0 Å². The molecule has 2 heterocycles. The highest BCUT2D eigenvalue weighted by Gasteiger charge is 2.33. The predicted octanol–water partition coefficient (Wildman–Crippen LogP) is 4.34. The van der Waals surface area contributed by atoms with Crippen LogP contribution in [0.25, 0.3) is 0 Å². The topological polar surface area (TPSA) is 52.9 Å². The smallest absolute Gasteiger partial charge is 0.158 e. The highest BCUT2D eigenvalue weighted by molar-refractivity contribution is 8.03. The molecule has 0 saturated carbocycles. The van der Waals surface area contributed by atoms with Gasteiger partial charge in [-0.3, -0.25) is 4.79 Å². The van der Waals surface area contributed by atoms with Gasteiger partial charge in [-0.25, -0.2) is 0 Å². The Bertz CT molecular complexity index is 691. The molecule has 22 heavy (non-hydrogen) atoms. The van der Waals surface area contributed by atoms with Gasteiger partial charge in [-0.05, 0) is 32.2 Å². The number of Topliss-reactive ketones (excluding diaryl/α,β-unsaturated/α-hetero) is 1. The Morgan fingerprint density at radius 1 is 1.59 bits per heavy atom. The van der Waals surface area contributed by atoms with E-state index >= 15 is 0 Å². The Balaban J connectivity index is 2.50. The first-order chi connectivity index (χ1) is 10.6. The minimum Gasteiger partial charge on any atom is -0.353 e. The normalized spacial score (nSPS) is 18.5. The first-order valence-corrected chi connectivity index (χ1v) is 8.87. The van der Waals surface area contributed by atoms with Gasteiger partial charge in [0.25, 0.3) is 0 Å². The summed E-state index contributed by atoms with van der Waals surface area (Å²) in [5.41, 5.74) is 2.16. The molecule has 5 heteroatoms. The number of nitrogens with zero attached hydrogens (tertiary/aromatic N) is 1. The molecule has 0 aromatic carbocycles. The van der Waals surface area contributed by atoms with Gasteiger partial charge in [-0.15, -0.1) is 23.1 Å². The fourth-order valence-corrected chi connectivity index (χ4v) is 4.30. The first-order valence-electron chi connectivity index (χ1n) is 7.00. The third kappa shape index (κ3) is 3.34. The molecule has 3 nitrogen and oxygen atoms in total. The summed E-state index contributed by atoms with van der Waals surface area (Å²) < 4.78 is 0. The highest BCUT2D eigenvalue weighted by Crippen LogP contribution is 2.42. The van der Waals surface area contributed by atoms with Crippen molar-refractivity contribution in [1.29, 1.82) is 5.26 Å². The zero-order valence-corrected chi connectivity index (χ0v) is 14.5. The third-order valence-corrected chi connectivity index (χ3v) is 5.32. The van der Waals surface area contributed by atoms with E-state index in [1.807, 2.05) is 43.5 Å². The van der Waals surface area contributed by atoms with E-state index in [-0.39, 0.29) is 11.7 Å². The van der Waals surface area contributed by atoms with Crippen LogP contribution in [0.3, 0.4) is 0 Å². The Morgan fingerprint density at radius 3 is 2.91 bits per heavy atom. The first kappa shape index (κ1) is 16.6. The van der Waals surface area contributed by atoms with Crippen molar-refractivity contribution in [3.8, 4) is 6.07 Å². The molecule has 0 amide bonds. The second-order valence-electron chi connectivity index (χ2n) is 4.90. The SMILES string of the molecule is C/C=C/CSC1=C(C#N)C(c2cccs2)C(C(C)=O)=C(C)N1. The van der Waals surface area contributed by atoms with Gasteiger partial charge in [0.1, 0.15) is 0 Å². The lowest BCUT2D eigenvalue weighted by Crippen LogP contribution is -2.26. The number of dihydropyridines is 1. The summed E-state index contributed by atoms with van der Waals surface area (Å²) in [7, 11) is 0. The monoisotopic (exact) mass is 330 g/mol. The second-order valence-corrected chi connectivity index (χ2v) is 6.91. The van der Waals surface area contributed by atoms with Crippen LogP contribution in [0.2, 0.25) is 0 Å². The van der Waals surface area contributed by atoms with Crippen molar-refractivity contribution in [1.82, 2.24) is 5.32 Å². The number of hydrogen-bond acceptors (Lipinski definition) is 5. The second kappa shape index (κ2) is 7.48. The lowest BCUT2D eigenvalue weighted by atomic mass is 9.85. The molecule has 114 valence electrons. The van der Waals surface area contributed by atoms with E-state index in [4.69, 9.17) is 0 Å². The van der Waals surface area contributed by atoms with E-state index in [0.29, 0.717) is 11.1 Å². The molecule has 1 aliphatic rings. The van der Waals surface area contributed by atoms with Crippen LogP contribution in [-0.4, -0.2) is 11.5 Å². The maximum Gasteiger partial charge on any atom is 0.158 e. The molecule has 1 aliphatic heterocycles. The number of thioether (sulfide) groups is 1. The molecule has 0 fully saturated rings. The minimum atomic E-state index is -0.253. The molecule has 1 N–H and O–H groups in total. The Hall–Kier alpha value is -1.77. The van der Waals surface area contributed by atoms with Gasteiger partial charge in [0, 0.05) is 21.9 Å². The maximum absolute atomic E-state index is 12.1. The summed E-state index contributed by atoms with van der Waals surface area (Å²) in [6, 6.07) is 6.26.